The lowest BCUT2D eigenvalue weighted by atomic mass is 9.77. The van der Waals surface area contributed by atoms with E-state index in [9.17, 15) is 10.5 Å². The number of hydrogen-bond donors (Lipinski definition) is 1. The van der Waals surface area contributed by atoms with Crippen molar-refractivity contribution in [1.82, 2.24) is 15.2 Å². The normalized spacial score (nSPS) is 21.8. The number of allylic oxidation sites excluding steroid dienone is 2. The molecule has 1 aliphatic heterocycles. The number of rotatable bonds is 1. The Hall–Kier alpha value is -2.99. The zero-order chi connectivity index (χ0) is 15.0. The number of hydrogen-bond acceptors (Lipinski definition) is 5. The Morgan fingerprint density at radius 1 is 1.24 bits per heavy atom. The van der Waals surface area contributed by atoms with Crippen LogP contribution in [0.25, 0.3) is 11.0 Å². The summed E-state index contributed by atoms with van der Waals surface area (Å²) < 4.78 is 0. The van der Waals surface area contributed by atoms with Gasteiger partial charge in [0.15, 0.2) is 5.65 Å². The zero-order valence-corrected chi connectivity index (χ0v) is 11.6. The van der Waals surface area contributed by atoms with Crippen LogP contribution in [0, 0.1) is 28.6 Å². The number of H-pyrrole nitrogens is 1. The van der Waals surface area contributed by atoms with Gasteiger partial charge in [0.05, 0.1) is 35.5 Å². The predicted octanol–water partition coefficient (Wildman–Crippen LogP) is 2.45. The minimum Gasteiger partial charge on any atom is -0.261 e. The number of nitriles is 2. The largest absolute Gasteiger partial charge is 0.261 e. The van der Waals surface area contributed by atoms with Gasteiger partial charge in [0.1, 0.15) is 0 Å². The van der Waals surface area contributed by atoms with Crippen LogP contribution in [0.2, 0.25) is 0 Å². The second kappa shape index (κ2) is 4.84. The van der Waals surface area contributed by atoms with Gasteiger partial charge in [0.25, 0.3) is 0 Å². The van der Waals surface area contributed by atoms with Gasteiger partial charge in [0.2, 0.25) is 0 Å². The summed E-state index contributed by atoms with van der Waals surface area (Å²) >= 11 is 0. The molecule has 102 valence electrons. The molecular weight excluding hydrogens is 264 g/mol. The van der Waals surface area contributed by atoms with Crippen molar-refractivity contribution in [1.29, 1.82) is 10.5 Å². The summed E-state index contributed by atoms with van der Waals surface area (Å²) in [7, 11) is 0. The van der Waals surface area contributed by atoms with Gasteiger partial charge in [0, 0.05) is 23.2 Å². The molecule has 1 aliphatic rings. The van der Waals surface area contributed by atoms with Crippen LogP contribution in [0.1, 0.15) is 25.3 Å². The molecule has 21 heavy (non-hydrogen) atoms. The molecule has 0 saturated carbocycles. The van der Waals surface area contributed by atoms with E-state index >= 15 is 0 Å². The lowest BCUT2D eigenvalue weighted by Gasteiger charge is -2.26. The first-order chi connectivity index (χ1) is 10.2. The van der Waals surface area contributed by atoms with E-state index in [2.05, 4.69) is 32.3 Å². The lowest BCUT2D eigenvalue weighted by Crippen LogP contribution is -2.24. The third kappa shape index (κ3) is 1.98. The maximum absolute atomic E-state index is 9.46. The fourth-order valence-electron chi connectivity index (χ4n) is 2.73. The van der Waals surface area contributed by atoms with Gasteiger partial charge in [-0.1, -0.05) is 0 Å². The third-order valence-electron chi connectivity index (χ3n) is 3.76. The molecule has 6 nitrogen and oxygen atoms in total. The molecule has 1 N–H and O–H groups in total. The summed E-state index contributed by atoms with van der Waals surface area (Å²) in [5.41, 5.74) is 3.44. The third-order valence-corrected chi connectivity index (χ3v) is 3.76. The number of aliphatic imine (C=N–C) groups is 1. The number of pyridine rings is 1. The molecule has 2 unspecified atom stereocenters. The van der Waals surface area contributed by atoms with E-state index in [0.717, 1.165) is 16.7 Å². The number of nitrogens with one attached hydrogen (secondary N) is 1. The molecule has 2 aromatic heterocycles. The molecule has 2 aromatic rings. The van der Waals surface area contributed by atoms with E-state index in [1.807, 2.05) is 13.0 Å². The van der Waals surface area contributed by atoms with Gasteiger partial charge >= 0.3 is 0 Å². The van der Waals surface area contributed by atoms with Crippen molar-refractivity contribution in [3.8, 4) is 12.1 Å². The van der Waals surface area contributed by atoms with Crippen molar-refractivity contribution in [3.63, 3.8) is 0 Å². The molecule has 0 radical (unpaired) electrons. The number of aromatic amines is 1. The van der Waals surface area contributed by atoms with Crippen molar-refractivity contribution in [2.24, 2.45) is 10.9 Å². The zero-order valence-electron chi connectivity index (χ0n) is 11.6. The first-order valence-corrected chi connectivity index (χ1v) is 6.50. The molecule has 3 heterocycles. The van der Waals surface area contributed by atoms with Crippen LogP contribution in [-0.4, -0.2) is 20.9 Å². The van der Waals surface area contributed by atoms with Crippen LogP contribution >= 0.6 is 0 Å². The molecule has 0 bridgehead atoms. The topological polar surface area (TPSA) is 102 Å². The Morgan fingerprint density at radius 2 is 2.05 bits per heavy atom. The predicted molar refractivity (Wildman–Crippen MR) is 77.2 cm³/mol. The van der Waals surface area contributed by atoms with Crippen molar-refractivity contribution < 1.29 is 0 Å². The molecule has 0 amide bonds. The van der Waals surface area contributed by atoms with E-state index in [1.165, 1.54) is 0 Å². The summed E-state index contributed by atoms with van der Waals surface area (Å²) in [5, 5.41) is 26.5. The molecule has 0 saturated heterocycles. The Bertz CT molecular complexity index is 858. The van der Waals surface area contributed by atoms with E-state index in [0.29, 0.717) is 16.9 Å². The first kappa shape index (κ1) is 13.0. The van der Waals surface area contributed by atoms with Crippen LogP contribution in [0.4, 0.5) is 0 Å². The quantitative estimate of drug-likeness (QED) is 0.864. The van der Waals surface area contributed by atoms with Crippen molar-refractivity contribution >= 4 is 16.7 Å². The summed E-state index contributed by atoms with van der Waals surface area (Å²) in [6, 6.07) is 6.38. The highest BCUT2D eigenvalue weighted by Gasteiger charge is 2.34. The van der Waals surface area contributed by atoms with Crippen LogP contribution in [-0.2, 0) is 0 Å². The fraction of sp³-hybridized carbons (Fsp3) is 0.267. The van der Waals surface area contributed by atoms with E-state index in [1.54, 1.807) is 19.3 Å². The lowest BCUT2D eigenvalue weighted by molar-refractivity contribution is 0.702. The van der Waals surface area contributed by atoms with Gasteiger partial charge in [-0.2, -0.15) is 15.6 Å². The van der Waals surface area contributed by atoms with E-state index < -0.39 is 5.92 Å². The highest BCUT2D eigenvalue weighted by atomic mass is 15.1. The van der Waals surface area contributed by atoms with Gasteiger partial charge < -0.3 is 0 Å². The van der Waals surface area contributed by atoms with Crippen LogP contribution < -0.4 is 0 Å². The second-order valence-corrected chi connectivity index (χ2v) is 5.03. The molecule has 0 aromatic carbocycles. The number of nitrogens with zero attached hydrogens (tertiary/aromatic N) is 5. The highest BCUT2D eigenvalue weighted by Crippen LogP contribution is 2.38. The monoisotopic (exact) mass is 276 g/mol. The minimum absolute atomic E-state index is 0.329. The van der Waals surface area contributed by atoms with Gasteiger partial charge in [-0.25, -0.2) is 4.98 Å². The highest BCUT2D eigenvalue weighted by molar-refractivity contribution is 5.90. The summed E-state index contributed by atoms with van der Waals surface area (Å²) in [5.74, 6) is -0.779. The Labute approximate surface area is 121 Å². The van der Waals surface area contributed by atoms with Gasteiger partial charge in [-0.3, -0.25) is 10.1 Å². The van der Waals surface area contributed by atoms with Crippen LogP contribution in [0.15, 0.2) is 34.7 Å². The first-order valence-electron chi connectivity index (χ1n) is 6.50. The van der Waals surface area contributed by atoms with Crippen molar-refractivity contribution in [3.05, 3.63) is 35.3 Å². The van der Waals surface area contributed by atoms with E-state index in [-0.39, 0.29) is 5.92 Å². The van der Waals surface area contributed by atoms with Gasteiger partial charge in [-0.15, -0.1) is 0 Å². The summed E-state index contributed by atoms with van der Waals surface area (Å²) in [6.45, 7) is 3.62. The number of aromatic nitrogens is 3. The Kier molecular flexibility index (Phi) is 3.00. The van der Waals surface area contributed by atoms with Gasteiger partial charge in [-0.05, 0) is 25.5 Å². The van der Waals surface area contributed by atoms with Crippen molar-refractivity contribution in [2.45, 2.75) is 19.8 Å². The second-order valence-electron chi connectivity index (χ2n) is 5.03. The molecule has 0 fully saturated rings. The standard InChI is InChI=1S/C15H12N6/c1-8-12(4-16)14(13(5-17)9(2)20-8)10-3-11-7-19-21-15(11)18-6-10/h3,6-7,12,14H,1-2H3,(H,18,19,21). The molecule has 2 atom stereocenters. The molecule has 3 rings (SSSR count). The molecule has 6 heteroatoms. The smallest absolute Gasteiger partial charge is 0.155 e. The number of fused-ring (bicyclic) bond motifs is 1. The molecule has 0 spiro atoms. The average Bonchev–Trinajstić information content (AvgIpc) is 2.93. The Morgan fingerprint density at radius 3 is 2.76 bits per heavy atom. The summed E-state index contributed by atoms with van der Waals surface area (Å²) in [6.07, 6.45) is 3.37. The fourth-order valence-corrected chi connectivity index (χ4v) is 2.73. The minimum atomic E-state index is -0.450. The summed E-state index contributed by atoms with van der Waals surface area (Å²) in [4.78, 5) is 8.63. The molecular formula is C15H12N6. The van der Waals surface area contributed by atoms with E-state index in [4.69, 9.17) is 0 Å². The average molecular weight is 276 g/mol. The van der Waals surface area contributed by atoms with Crippen molar-refractivity contribution in [2.75, 3.05) is 0 Å². The SMILES string of the molecule is CC1=NC(C)=C(C#N)C(c2cnc3[nH]ncc3c2)C1C#N. The maximum atomic E-state index is 9.46. The van der Waals surface area contributed by atoms with Crippen LogP contribution in [0.3, 0.4) is 0 Å². The molecule has 0 aliphatic carbocycles. The maximum Gasteiger partial charge on any atom is 0.155 e. The van der Waals surface area contributed by atoms with Crippen LogP contribution in [0.5, 0.6) is 0 Å². The Balaban J connectivity index is 2.20.